The van der Waals surface area contributed by atoms with Crippen molar-refractivity contribution in [3.05, 3.63) is 97.1 Å². The summed E-state index contributed by atoms with van der Waals surface area (Å²) in [6.45, 7) is 5.35. The van der Waals surface area contributed by atoms with Gasteiger partial charge in [0.25, 0.3) is 0 Å². The molecule has 3 rings (SSSR count). The molecule has 0 heterocycles. The first-order chi connectivity index (χ1) is 16.4. The van der Waals surface area contributed by atoms with E-state index < -0.39 is 16.1 Å². The van der Waals surface area contributed by atoms with E-state index in [1.165, 1.54) is 9.79 Å². The summed E-state index contributed by atoms with van der Waals surface area (Å²) in [5.74, 6) is -0.229. The Morgan fingerprint density at radius 3 is 1.85 bits per heavy atom. The lowest BCUT2D eigenvalue weighted by molar-refractivity contribution is -0.139. The van der Waals surface area contributed by atoms with Gasteiger partial charge < -0.3 is 8.92 Å². The molecule has 0 aromatic heterocycles. The highest BCUT2D eigenvalue weighted by atomic mass is 32.2. The van der Waals surface area contributed by atoms with Gasteiger partial charge in [-0.2, -0.15) is 8.42 Å². The number of esters is 1. The zero-order chi connectivity index (χ0) is 24.4. The van der Waals surface area contributed by atoms with E-state index in [4.69, 9.17) is 8.92 Å². The van der Waals surface area contributed by atoms with Crippen LogP contribution in [0.4, 0.5) is 0 Å². The van der Waals surface area contributed by atoms with Gasteiger partial charge in [-0.3, -0.25) is 0 Å². The third-order valence-corrected chi connectivity index (χ3v) is 8.33. The molecule has 178 valence electrons. The lowest BCUT2D eigenvalue weighted by atomic mass is 10.3. The molecule has 0 aliphatic rings. The van der Waals surface area contributed by atoms with Gasteiger partial charge in [0.2, 0.25) is 0 Å². The molecular weight excluding hydrogens is 468 g/mol. The summed E-state index contributed by atoms with van der Waals surface area (Å²) in [6, 6.07) is 27.7. The Kier molecular flexibility index (Phi) is 9.36. The van der Waals surface area contributed by atoms with Crippen LogP contribution in [-0.4, -0.2) is 26.7 Å². The number of carbonyl (C=O) groups excluding carboxylic acids is 1. The lowest BCUT2D eigenvalue weighted by Gasteiger charge is -2.10. The van der Waals surface area contributed by atoms with E-state index in [-0.39, 0.29) is 23.3 Å². The molecule has 0 N–H and O–H groups in total. The van der Waals surface area contributed by atoms with Crippen molar-refractivity contribution in [3.8, 4) is 5.75 Å². The third-order valence-electron chi connectivity index (χ3n) is 4.86. The molecule has 3 aromatic carbocycles. The minimum atomic E-state index is -3.71. The van der Waals surface area contributed by atoms with Gasteiger partial charge in [0.1, 0.15) is 5.75 Å². The van der Waals surface area contributed by atoms with Crippen LogP contribution in [0.3, 0.4) is 0 Å². The molecule has 0 atom stereocenters. The minimum Gasteiger partial charge on any atom is -0.462 e. The maximum Gasteiger partial charge on any atom is 0.333 e. The predicted molar refractivity (Wildman–Crippen MR) is 136 cm³/mol. The Hall–Kier alpha value is -3.03. The van der Waals surface area contributed by atoms with E-state index in [2.05, 4.69) is 30.8 Å². The Bertz CT molecular complexity index is 1140. The smallest absolute Gasteiger partial charge is 0.333 e. The highest BCUT2D eigenvalue weighted by Gasteiger charge is 2.28. The molecular formula is C27H29O5S2+. The third kappa shape index (κ3) is 7.78. The van der Waals surface area contributed by atoms with E-state index in [1.807, 2.05) is 48.5 Å². The van der Waals surface area contributed by atoms with Crippen molar-refractivity contribution in [2.24, 2.45) is 0 Å². The number of unbranched alkanes of at least 4 members (excludes halogenated alkanes) is 2. The van der Waals surface area contributed by atoms with E-state index >= 15 is 0 Å². The molecule has 0 bridgehead atoms. The summed E-state index contributed by atoms with van der Waals surface area (Å²) in [5, 5.41) is 0. The largest absolute Gasteiger partial charge is 0.462 e. The van der Waals surface area contributed by atoms with Gasteiger partial charge in [-0.25, -0.2) is 4.79 Å². The fraction of sp³-hybridized carbons (Fsp3) is 0.222. The van der Waals surface area contributed by atoms with Gasteiger partial charge in [0.15, 0.2) is 14.7 Å². The Balaban J connectivity index is 1.59. The standard InChI is InChI=1S/C27H29O5S2/c1-22(2)27(28)31-20-10-5-11-21-34(29,30)32-23-16-18-26(19-17-23)33(24-12-6-3-7-13-24)25-14-8-4-9-15-25/h3-4,6-9,12-19H,1,5,10-11,20-21H2,2H3/q+1. The predicted octanol–water partition coefficient (Wildman–Crippen LogP) is 5.78. The van der Waals surface area contributed by atoms with Gasteiger partial charge in [0, 0.05) is 5.57 Å². The molecule has 0 fully saturated rings. The summed E-state index contributed by atoms with van der Waals surface area (Å²) in [4.78, 5) is 14.8. The second-order valence-corrected chi connectivity index (χ2v) is 11.4. The van der Waals surface area contributed by atoms with Crippen LogP contribution >= 0.6 is 0 Å². The van der Waals surface area contributed by atoms with Crippen molar-refractivity contribution in [2.75, 3.05) is 12.4 Å². The van der Waals surface area contributed by atoms with Crippen LogP contribution in [0.15, 0.2) is 112 Å². The van der Waals surface area contributed by atoms with Crippen molar-refractivity contribution in [2.45, 2.75) is 40.9 Å². The van der Waals surface area contributed by atoms with E-state index in [0.29, 0.717) is 30.6 Å². The molecule has 0 unspecified atom stereocenters. The summed E-state index contributed by atoms with van der Waals surface area (Å²) < 4.78 is 35.1. The van der Waals surface area contributed by atoms with Crippen molar-refractivity contribution < 1.29 is 22.1 Å². The average Bonchev–Trinajstić information content (AvgIpc) is 2.83. The lowest BCUT2D eigenvalue weighted by Crippen LogP contribution is -2.14. The number of rotatable bonds is 12. The average molecular weight is 498 g/mol. The fourth-order valence-corrected chi connectivity index (χ4v) is 6.32. The molecule has 3 aromatic rings. The molecule has 0 spiro atoms. The van der Waals surface area contributed by atoms with E-state index in [1.54, 1.807) is 19.1 Å². The van der Waals surface area contributed by atoms with Crippen LogP contribution in [0, 0.1) is 0 Å². The van der Waals surface area contributed by atoms with E-state index in [9.17, 15) is 13.2 Å². The summed E-state index contributed by atoms with van der Waals surface area (Å²) in [7, 11) is -4.02. The molecule has 0 radical (unpaired) electrons. The second-order valence-electron chi connectivity index (χ2n) is 7.73. The van der Waals surface area contributed by atoms with Crippen LogP contribution in [0.25, 0.3) is 0 Å². The Morgan fingerprint density at radius 1 is 0.794 bits per heavy atom. The Labute approximate surface area is 204 Å². The van der Waals surface area contributed by atoms with Crippen LogP contribution in [0.5, 0.6) is 5.75 Å². The molecule has 5 nitrogen and oxygen atoms in total. The first-order valence-electron chi connectivity index (χ1n) is 11.0. The van der Waals surface area contributed by atoms with Crippen LogP contribution in [0.2, 0.25) is 0 Å². The van der Waals surface area contributed by atoms with E-state index in [0.717, 1.165) is 4.90 Å². The molecule has 0 aliphatic heterocycles. The van der Waals surface area contributed by atoms with Crippen LogP contribution in [0.1, 0.15) is 26.2 Å². The van der Waals surface area contributed by atoms with Crippen molar-refractivity contribution >= 4 is 27.0 Å². The quantitative estimate of drug-likeness (QED) is 0.104. The molecule has 7 heteroatoms. The summed E-state index contributed by atoms with van der Waals surface area (Å²) >= 11 is 0. The molecule has 0 aliphatic carbocycles. The minimum absolute atomic E-state index is 0.0956. The van der Waals surface area contributed by atoms with Crippen LogP contribution < -0.4 is 4.18 Å². The van der Waals surface area contributed by atoms with Crippen LogP contribution in [-0.2, 0) is 30.5 Å². The summed E-state index contributed by atoms with van der Waals surface area (Å²) in [5.41, 5.74) is 0.349. The molecule has 34 heavy (non-hydrogen) atoms. The van der Waals surface area contributed by atoms with Gasteiger partial charge in [-0.1, -0.05) is 43.0 Å². The SMILES string of the molecule is C=C(C)C(=O)OCCCCCS(=O)(=O)Oc1ccc([S+](c2ccccc2)c2ccccc2)cc1. The number of hydrogen-bond acceptors (Lipinski definition) is 5. The maximum atomic E-state index is 12.4. The topological polar surface area (TPSA) is 69.7 Å². The van der Waals surface area contributed by atoms with Crippen molar-refractivity contribution in [1.82, 2.24) is 0 Å². The highest BCUT2D eigenvalue weighted by molar-refractivity contribution is 7.97. The Morgan fingerprint density at radius 2 is 1.32 bits per heavy atom. The maximum absolute atomic E-state index is 12.4. The summed E-state index contributed by atoms with van der Waals surface area (Å²) in [6.07, 6.45) is 1.63. The highest BCUT2D eigenvalue weighted by Crippen LogP contribution is 2.32. The van der Waals surface area contributed by atoms with Gasteiger partial charge >= 0.3 is 16.1 Å². The fourth-order valence-electron chi connectivity index (χ4n) is 3.19. The number of carbonyl (C=O) groups is 1. The first-order valence-corrected chi connectivity index (χ1v) is 13.9. The van der Waals surface area contributed by atoms with Crippen molar-refractivity contribution in [1.29, 1.82) is 0 Å². The number of hydrogen-bond donors (Lipinski definition) is 0. The van der Waals surface area contributed by atoms with Gasteiger partial charge in [0.05, 0.1) is 23.3 Å². The number of benzene rings is 3. The second kappa shape index (κ2) is 12.4. The zero-order valence-electron chi connectivity index (χ0n) is 19.2. The molecule has 0 saturated carbocycles. The molecule has 0 amide bonds. The normalized spacial score (nSPS) is 11.2. The van der Waals surface area contributed by atoms with Crippen molar-refractivity contribution in [3.63, 3.8) is 0 Å². The van der Waals surface area contributed by atoms with Gasteiger partial charge in [-0.15, -0.1) is 0 Å². The first kappa shape index (κ1) is 25.6. The monoisotopic (exact) mass is 497 g/mol. The van der Waals surface area contributed by atoms with Gasteiger partial charge in [-0.05, 0) is 74.7 Å². The molecule has 0 saturated heterocycles. The zero-order valence-corrected chi connectivity index (χ0v) is 20.8. The number of ether oxygens (including phenoxy) is 1.